The van der Waals surface area contributed by atoms with E-state index in [9.17, 15) is 15.4 Å². The van der Waals surface area contributed by atoms with Crippen LogP contribution >= 0.6 is 34.5 Å². The minimum Gasteiger partial charge on any atom is -0.352 e. The van der Waals surface area contributed by atoms with E-state index in [0.717, 1.165) is 9.40 Å². The minimum atomic E-state index is -0.445. The Hall–Kier alpha value is -2.92. The molecule has 0 aliphatic rings. The second kappa shape index (κ2) is 6.67. The molecule has 6 nitrogen and oxygen atoms in total. The SMILES string of the molecule is N#Cc1cnc2c(sc3ccc([N+](=O)[O-])cc32)c1Nc1ccc(Cl)cc1Cl. The number of nitro groups is 1. The molecule has 0 radical (unpaired) electrons. The Morgan fingerprint density at radius 3 is 2.74 bits per heavy atom. The number of benzene rings is 2. The van der Waals surface area contributed by atoms with Crippen LogP contribution in [0.1, 0.15) is 5.56 Å². The highest BCUT2D eigenvalue weighted by Gasteiger charge is 2.17. The Bertz CT molecular complexity index is 1280. The molecule has 4 aromatic rings. The summed E-state index contributed by atoms with van der Waals surface area (Å²) >= 11 is 13.6. The topological polar surface area (TPSA) is 91.8 Å². The van der Waals surface area contributed by atoms with E-state index in [1.807, 2.05) is 0 Å². The van der Waals surface area contributed by atoms with Gasteiger partial charge < -0.3 is 5.32 Å². The second-order valence-corrected chi connectivity index (χ2v) is 7.52. The number of nitro benzene ring substituents is 1. The lowest BCUT2D eigenvalue weighted by atomic mass is 10.1. The number of hydrogen-bond donors (Lipinski definition) is 1. The van der Waals surface area contributed by atoms with E-state index in [4.69, 9.17) is 23.2 Å². The molecule has 2 heterocycles. The van der Waals surface area contributed by atoms with E-state index in [-0.39, 0.29) is 5.69 Å². The number of non-ortho nitro benzene ring substituents is 1. The molecule has 0 atom stereocenters. The van der Waals surface area contributed by atoms with E-state index in [1.165, 1.54) is 29.7 Å². The maximum Gasteiger partial charge on any atom is 0.270 e. The number of thiophene rings is 1. The number of nitrogens with one attached hydrogen (secondary N) is 1. The van der Waals surface area contributed by atoms with Crippen LogP contribution < -0.4 is 5.32 Å². The van der Waals surface area contributed by atoms with Crippen LogP contribution in [0.3, 0.4) is 0 Å². The number of aromatic nitrogens is 1. The molecule has 0 amide bonds. The van der Waals surface area contributed by atoms with Gasteiger partial charge in [-0.15, -0.1) is 11.3 Å². The monoisotopic (exact) mass is 414 g/mol. The highest BCUT2D eigenvalue weighted by Crippen LogP contribution is 2.41. The Kier molecular flexibility index (Phi) is 4.32. The van der Waals surface area contributed by atoms with Gasteiger partial charge in [0.1, 0.15) is 6.07 Å². The number of hydrogen-bond acceptors (Lipinski definition) is 6. The normalized spacial score (nSPS) is 10.9. The van der Waals surface area contributed by atoms with Crippen molar-refractivity contribution in [1.82, 2.24) is 4.98 Å². The average Bonchev–Trinajstić information content (AvgIpc) is 3.02. The fourth-order valence-corrected chi connectivity index (χ4v) is 4.33. The Balaban J connectivity index is 1.96. The lowest BCUT2D eigenvalue weighted by Crippen LogP contribution is -1.96. The number of rotatable bonds is 3. The third-order valence-corrected chi connectivity index (χ3v) is 5.71. The summed E-state index contributed by atoms with van der Waals surface area (Å²) in [7, 11) is 0. The highest BCUT2D eigenvalue weighted by molar-refractivity contribution is 7.26. The third kappa shape index (κ3) is 3.04. The molecule has 0 fully saturated rings. The van der Waals surface area contributed by atoms with Gasteiger partial charge in [-0.25, -0.2) is 0 Å². The summed E-state index contributed by atoms with van der Waals surface area (Å²) in [5.74, 6) is 0. The van der Waals surface area contributed by atoms with Gasteiger partial charge in [-0.05, 0) is 24.3 Å². The molecular weight excluding hydrogens is 407 g/mol. The van der Waals surface area contributed by atoms with Crippen molar-refractivity contribution in [2.45, 2.75) is 0 Å². The largest absolute Gasteiger partial charge is 0.352 e. The van der Waals surface area contributed by atoms with Gasteiger partial charge in [0.15, 0.2) is 0 Å². The summed E-state index contributed by atoms with van der Waals surface area (Å²) in [6.07, 6.45) is 1.44. The van der Waals surface area contributed by atoms with Gasteiger partial charge in [0.25, 0.3) is 5.69 Å². The first-order valence-electron chi connectivity index (χ1n) is 7.60. The van der Waals surface area contributed by atoms with Crippen LogP contribution in [0.15, 0.2) is 42.6 Å². The van der Waals surface area contributed by atoms with Crippen LogP contribution in [0.25, 0.3) is 20.3 Å². The third-order valence-electron chi connectivity index (χ3n) is 3.99. The standard InChI is InChI=1S/C18H8Cl2N4O2S/c19-10-1-3-14(13(20)5-10)23-16-9(7-21)8-22-17-12-6-11(24(25)26)2-4-15(12)27-18(16)17/h1-6,8H,(H,22,23). The molecule has 9 heteroatoms. The van der Waals surface area contributed by atoms with E-state index < -0.39 is 4.92 Å². The van der Waals surface area contributed by atoms with Crippen molar-refractivity contribution in [3.63, 3.8) is 0 Å². The summed E-state index contributed by atoms with van der Waals surface area (Å²) in [6.45, 7) is 0. The van der Waals surface area contributed by atoms with E-state index in [1.54, 1.807) is 24.3 Å². The molecule has 0 aliphatic heterocycles. The number of pyridine rings is 1. The van der Waals surface area contributed by atoms with Crippen molar-refractivity contribution in [3.05, 3.63) is 68.3 Å². The van der Waals surface area contributed by atoms with Crippen LogP contribution in [0.5, 0.6) is 0 Å². The Morgan fingerprint density at radius 2 is 2.04 bits per heavy atom. The molecule has 2 aromatic carbocycles. The lowest BCUT2D eigenvalue weighted by Gasteiger charge is -2.11. The smallest absolute Gasteiger partial charge is 0.270 e. The molecule has 132 valence electrons. The lowest BCUT2D eigenvalue weighted by molar-refractivity contribution is -0.384. The minimum absolute atomic E-state index is 0.0105. The zero-order chi connectivity index (χ0) is 19.1. The van der Waals surface area contributed by atoms with Crippen LogP contribution in [0.2, 0.25) is 10.0 Å². The van der Waals surface area contributed by atoms with Crippen LogP contribution in [-0.4, -0.2) is 9.91 Å². The maximum absolute atomic E-state index is 11.1. The molecule has 0 spiro atoms. The zero-order valence-electron chi connectivity index (χ0n) is 13.4. The van der Waals surface area contributed by atoms with Crippen molar-refractivity contribution in [1.29, 1.82) is 5.26 Å². The van der Waals surface area contributed by atoms with Crippen LogP contribution in [0.4, 0.5) is 17.1 Å². The highest BCUT2D eigenvalue weighted by atomic mass is 35.5. The van der Waals surface area contributed by atoms with Crippen molar-refractivity contribution in [2.24, 2.45) is 0 Å². The number of anilines is 2. The van der Waals surface area contributed by atoms with E-state index in [2.05, 4.69) is 16.4 Å². The van der Waals surface area contributed by atoms with Crippen molar-refractivity contribution >= 4 is 71.9 Å². The van der Waals surface area contributed by atoms with Crippen molar-refractivity contribution < 1.29 is 4.92 Å². The molecule has 4 rings (SSSR count). The molecule has 0 saturated carbocycles. The molecule has 0 unspecified atom stereocenters. The number of fused-ring (bicyclic) bond motifs is 3. The van der Waals surface area contributed by atoms with Gasteiger partial charge in [0.05, 0.1) is 37.1 Å². The number of nitrogens with zero attached hydrogens (tertiary/aromatic N) is 3. The first-order chi connectivity index (χ1) is 13.0. The van der Waals surface area contributed by atoms with E-state index in [0.29, 0.717) is 37.9 Å². The van der Waals surface area contributed by atoms with Gasteiger partial charge in [-0.1, -0.05) is 23.2 Å². The predicted octanol–water partition coefficient (Wildman–Crippen LogP) is 6.28. The van der Waals surface area contributed by atoms with Crippen LogP contribution in [0, 0.1) is 21.4 Å². The molecular formula is C18H8Cl2N4O2S. The zero-order valence-corrected chi connectivity index (χ0v) is 15.7. The Morgan fingerprint density at radius 1 is 1.22 bits per heavy atom. The molecule has 0 saturated heterocycles. The van der Waals surface area contributed by atoms with E-state index >= 15 is 0 Å². The maximum atomic E-state index is 11.1. The Labute approximate surface area is 166 Å². The molecule has 0 bridgehead atoms. The molecule has 2 aromatic heterocycles. The van der Waals surface area contributed by atoms with Gasteiger partial charge in [-0.3, -0.25) is 15.1 Å². The quantitative estimate of drug-likeness (QED) is 0.314. The van der Waals surface area contributed by atoms with Gasteiger partial charge in [-0.2, -0.15) is 5.26 Å². The van der Waals surface area contributed by atoms with Gasteiger partial charge in [0.2, 0.25) is 0 Å². The fourth-order valence-electron chi connectivity index (χ4n) is 2.73. The molecule has 1 N–H and O–H groups in total. The fraction of sp³-hybridized carbons (Fsp3) is 0. The molecule has 27 heavy (non-hydrogen) atoms. The van der Waals surface area contributed by atoms with Crippen molar-refractivity contribution in [3.8, 4) is 6.07 Å². The predicted molar refractivity (Wildman–Crippen MR) is 108 cm³/mol. The van der Waals surface area contributed by atoms with Gasteiger partial charge >= 0.3 is 0 Å². The van der Waals surface area contributed by atoms with Gasteiger partial charge in [0, 0.05) is 33.4 Å². The summed E-state index contributed by atoms with van der Waals surface area (Å²) in [5, 5.41) is 25.3. The molecule has 0 aliphatic carbocycles. The second-order valence-electron chi connectivity index (χ2n) is 5.63. The first-order valence-corrected chi connectivity index (χ1v) is 9.17. The number of nitriles is 1. The number of halogens is 2. The summed E-state index contributed by atoms with van der Waals surface area (Å²) in [6, 6.07) is 11.8. The van der Waals surface area contributed by atoms with Crippen LogP contribution in [-0.2, 0) is 0 Å². The summed E-state index contributed by atoms with van der Waals surface area (Å²) in [4.78, 5) is 15.0. The summed E-state index contributed by atoms with van der Waals surface area (Å²) in [5.41, 5.74) is 2.06. The van der Waals surface area contributed by atoms with Crippen molar-refractivity contribution in [2.75, 3.05) is 5.32 Å². The average molecular weight is 415 g/mol. The first kappa shape index (κ1) is 17.5. The summed E-state index contributed by atoms with van der Waals surface area (Å²) < 4.78 is 1.55.